The lowest BCUT2D eigenvalue weighted by molar-refractivity contribution is 0.208. The van der Waals surface area contributed by atoms with Crippen molar-refractivity contribution >= 4 is 27.2 Å². The van der Waals surface area contributed by atoms with Crippen molar-refractivity contribution in [2.75, 3.05) is 47.9 Å². The minimum Gasteiger partial charge on any atom is -0.365 e. The minimum atomic E-state index is -2.99. The maximum absolute atomic E-state index is 13.8. The molecule has 2 saturated heterocycles. The summed E-state index contributed by atoms with van der Waals surface area (Å²) in [4.78, 5) is 16.3. The van der Waals surface area contributed by atoms with Crippen LogP contribution in [0.15, 0.2) is 24.3 Å². The first-order valence-electron chi connectivity index (χ1n) is 10.1. The van der Waals surface area contributed by atoms with Gasteiger partial charge in [0.15, 0.2) is 9.84 Å². The number of hydrogen-bond donors (Lipinski definition) is 1. The van der Waals surface area contributed by atoms with Crippen molar-refractivity contribution in [1.82, 2.24) is 14.7 Å². The average molecular weight is 436 g/mol. The third-order valence-electron chi connectivity index (χ3n) is 5.84. The highest BCUT2D eigenvalue weighted by atomic mass is 32.2. The molecule has 162 valence electrons. The number of nitrogens with one attached hydrogen (secondary N) is 1. The second-order valence-electron chi connectivity index (χ2n) is 7.90. The molecule has 0 spiro atoms. The summed E-state index contributed by atoms with van der Waals surface area (Å²) in [5, 5.41) is 7.25. The molecule has 8 nitrogen and oxygen atoms in total. The number of rotatable bonds is 3. The van der Waals surface area contributed by atoms with Crippen LogP contribution in [0.2, 0.25) is 0 Å². The molecule has 1 N–H and O–H groups in total. The Hall–Kier alpha value is -2.62. The van der Waals surface area contributed by atoms with E-state index in [1.54, 1.807) is 17.0 Å². The Morgan fingerprint density at radius 1 is 1.17 bits per heavy atom. The van der Waals surface area contributed by atoms with Crippen LogP contribution in [0, 0.1) is 19.7 Å². The smallest absolute Gasteiger partial charge is 0.322 e. The Morgan fingerprint density at radius 3 is 2.50 bits per heavy atom. The molecule has 0 aliphatic carbocycles. The molecule has 2 fully saturated rings. The number of carbonyl (C=O) groups is 1. The van der Waals surface area contributed by atoms with Gasteiger partial charge in [-0.15, -0.1) is 0 Å². The number of aryl methyl sites for hydroxylation is 1. The number of nitrogens with zero attached hydrogens (tertiary/aromatic N) is 4. The second-order valence-corrected chi connectivity index (χ2v) is 10.1. The number of carbonyl (C=O) groups excluding carboxylic acids is 1. The summed E-state index contributed by atoms with van der Waals surface area (Å²) in [7, 11) is -2.99. The van der Waals surface area contributed by atoms with Crippen molar-refractivity contribution in [3.63, 3.8) is 0 Å². The van der Waals surface area contributed by atoms with Crippen LogP contribution in [0.4, 0.5) is 20.6 Å². The Morgan fingerprint density at radius 2 is 1.87 bits per heavy atom. The number of anilines is 2. The van der Waals surface area contributed by atoms with E-state index in [9.17, 15) is 17.6 Å². The first-order chi connectivity index (χ1) is 14.2. The molecule has 1 aromatic heterocycles. The highest BCUT2D eigenvalue weighted by molar-refractivity contribution is 7.91. The van der Waals surface area contributed by atoms with Crippen LogP contribution in [0.25, 0.3) is 0 Å². The summed E-state index contributed by atoms with van der Waals surface area (Å²) in [6.45, 7) is 6.16. The van der Waals surface area contributed by atoms with E-state index in [-0.39, 0.29) is 29.3 Å². The maximum atomic E-state index is 13.8. The number of urea groups is 1. The molecule has 2 aromatic rings. The number of halogens is 1. The molecule has 0 saturated carbocycles. The lowest BCUT2D eigenvalue weighted by Crippen LogP contribution is -2.50. The van der Waals surface area contributed by atoms with Crippen molar-refractivity contribution in [1.29, 1.82) is 0 Å². The Balaban J connectivity index is 1.42. The first kappa shape index (κ1) is 20.6. The molecular weight excluding hydrogens is 409 g/mol. The molecule has 1 aromatic carbocycles. The van der Waals surface area contributed by atoms with Gasteiger partial charge in [-0.2, -0.15) is 5.10 Å². The first-order valence-corrected chi connectivity index (χ1v) is 11.9. The van der Waals surface area contributed by atoms with Crippen LogP contribution in [-0.2, 0) is 9.84 Å². The second kappa shape index (κ2) is 7.90. The summed E-state index contributed by atoms with van der Waals surface area (Å²) in [6.07, 6.45) is 0.591. The lowest BCUT2D eigenvalue weighted by atomic mass is 10.2. The molecular formula is C20H26FN5O3S. The van der Waals surface area contributed by atoms with Crippen molar-refractivity contribution in [2.24, 2.45) is 0 Å². The molecule has 2 aliphatic heterocycles. The summed E-state index contributed by atoms with van der Waals surface area (Å²) >= 11 is 0. The molecule has 2 aliphatic rings. The highest BCUT2D eigenvalue weighted by Gasteiger charge is 2.33. The fourth-order valence-corrected chi connectivity index (χ4v) is 6.02. The number of amides is 2. The molecule has 1 unspecified atom stereocenters. The van der Waals surface area contributed by atoms with Crippen molar-refractivity contribution in [3.05, 3.63) is 41.5 Å². The topological polar surface area (TPSA) is 87.5 Å². The molecule has 0 bridgehead atoms. The Bertz CT molecular complexity index is 1060. The third-order valence-corrected chi connectivity index (χ3v) is 7.59. The van der Waals surface area contributed by atoms with Gasteiger partial charge in [-0.1, -0.05) is 12.1 Å². The van der Waals surface area contributed by atoms with E-state index in [1.807, 2.05) is 18.5 Å². The van der Waals surface area contributed by atoms with Crippen molar-refractivity contribution in [2.45, 2.75) is 26.3 Å². The third kappa shape index (κ3) is 4.00. The SMILES string of the molecule is Cc1nn(C2CCS(=O)(=O)C2)c(C)c1N1CCN(C(=O)Nc2ccccc2F)CC1. The number of hydrogen-bond acceptors (Lipinski definition) is 5. The zero-order valence-electron chi connectivity index (χ0n) is 17.1. The molecule has 0 radical (unpaired) electrons. The van der Waals surface area contributed by atoms with Crippen molar-refractivity contribution in [3.8, 4) is 0 Å². The van der Waals surface area contributed by atoms with Gasteiger partial charge >= 0.3 is 6.03 Å². The standard InChI is InChI=1S/C20H26FN5O3S/c1-14-19(15(2)26(23-14)16-7-12-30(28,29)13-16)24-8-10-25(11-9-24)20(27)22-18-6-4-3-5-17(18)21/h3-6,16H,7-13H2,1-2H3,(H,22,27). The fourth-order valence-electron chi connectivity index (χ4n) is 4.33. The van der Waals surface area contributed by atoms with E-state index in [4.69, 9.17) is 0 Å². The Labute approximate surface area is 175 Å². The van der Waals surface area contributed by atoms with Gasteiger partial charge in [0.1, 0.15) is 5.82 Å². The van der Waals surface area contributed by atoms with Gasteiger partial charge < -0.3 is 15.1 Å². The van der Waals surface area contributed by atoms with Crippen LogP contribution in [-0.4, -0.2) is 66.8 Å². The zero-order valence-corrected chi connectivity index (χ0v) is 18.0. The molecule has 1 atom stereocenters. The quantitative estimate of drug-likeness (QED) is 0.800. The van der Waals surface area contributed by atoms with Gasteiger partial charge in [0, 0.05) is 26.2 Å². The van der Waals surface area contributed by atoms with E-state index in [2.05, 4.69) is 15.3 Å². The molecule has 2 amide bonds. The van der Waals surface area contributed by atoms with E-state index in [0.29, 0.717) is 32.6 Å². The van der Waals surface area contributed by atoms with Crippen LogP contribution in [0.3, 0.4) is 0 Å². The predicted octanol–water partition coefficient (Wildman–Crippen LogP) is 2.35. The van der Waals surface area contributed by atoms with Crippen LogP contribution in [0.1, 0.15) is 23.9 Å². The number of piperazine rings is 1. The molecule has 4 rings (SSSR count). The number of benzene rings is 1. The highest BCUT2D eigenvalue weighted by Crippen LogP contribution is 2.31. The fraction of sp³-hybridized carbons (Fsp3) is 0.500. The van der Waals surface area contributed by atoms with Crippen LogP contribution in [0.5, 0.6) is 0 Å². The van der Waals surface area contributed by atoms with E-state index in [0.717, 1.165) is 17.1 Å². The average Bonchev–Trinajstić information content (AvgIpc) is 3.22. The number of para-hydroxylation sites is 1. The summed E-state index contributed by atoms with van der Waals surface area (Å²) in [5.41, 5.74) is 3.00. The number of aromatic nitrogens is 2. The monoisotopic (exact) mass is 435 g/mol. The van der Waals surface area contributed by atoms with Crippen LogP contribution < -0.4 is 10.2 Å². The van der Waals surface area contributed by atoms with Gasteiger partial charge in [0.2, 0.25) is 0 Å². The Kier molecular flexibility index (Phi) is 5.44. The molecule has 10 heteroatoms. The molecule has 3 heterocycles. The zero-order chi connectivity index (χ0) is 21.5. The van der Waals surface area contributed by atoms with E-state index >= 15 is 0 Å². The largest absolute Gasteiger partial charge is 0.365 e. The molecule has 30 heavy (non-hydrogen) atoms. The van der Waals surface area contributed by atoms with E-state index < -0.39 is 15.7 Å². The lowest BCUT2D eigenvalue weighted by Gasteiger charge is -2.36. The normalized spacial score (nSPS) is 21.1. The summed E-state index contributed by atoms with van der Waals surface area (Å²) in [5.74, 6) is -0.114. The van der Waals surface area contributed by atoms with Gasteiger partial charge in [-0.3, -0.25) is 4.68 Å². The van der Waals surface area contributed by atoms with Gasteiger partial charge in [-0.05, 0) is 32.4 Å². The summed E-state index contributed by atoms with van der Waals surface area (Å²) < 4.78 is 39.3. The van der Waals surface area contributed by atoms with Gasteiger partial charge in [0.05, 0.1) is 40.3 Å². The van der Waals surface area contributed by atoms with Crippen molar-refractivity contribution < 1.29 is 17.6 Å². The van der Waals surface area contributed by atoms with Gasteiger partial charge in [0.25, 0.3) is 0 Å². The predicted molar refractivity (Wildman–Crippen MR) is 113 cm³/mol. The summed E-state index contributed by atoms with van der Waals surface area (Å²) in [6, 6.07) is 5.67. The van der Waals surface area contributed by atoms with Gasteiger partial charge in [-0.25, -0.2) is 17.6 Å². The van der Waals surface area contributed by atoms with Crippen LogP contribution >= 0.6 is 0 Å². The van der Waals surface area contributed by atoms with E-state index in [1.165, 1.54) is 12.1 Å². The maximum Gasteiger partial charge on any atom is 0.322 e. The number of sulfone groups is 1. The minimum absolute atomic E-state index is 0.115.